The molecule has 9 heteroatoms. The van der Waals surface area contributed by atoms with E-state index in [0.717, 1.165) is 4.47 Å². The van der Waals surface area contributed by atoms with Crippen molar-refractivity contribution < 1.29 is 28.1 Å². The molecule has 3 atom stereocenters. The van der Waals surface area contributed by atoms with Crippen LogP contribution in [0.25, 0.3) is 0 Å². The quantitative estimate of drug-likeness (QED) is 0.650. The van der Waals surface area contributed by atoms with Gasteiger partial charge in [0.05, 0.1) is 23.9 Å². The lowest BCUT2D eigenvalue weighted by Gasteiger charge is -2.47. The molecule has 3 aliphatic heterocycles. The second kappa shape index (κ2) is 6.38. The Bertz CT molecular complexity index is 790. The summed E-state index contributed by atoms with van der Waals surface area (Å²) < 4.78 is 38.0. The lowest BCUT2D eigenvalue weighted by molar-refractivity contribution is -0.122. The molecule has 0 amide bonds. The number of benzene rings is 1. The lowest BCUT2D eigenvalue weighted by Crippen LogP contribution is -2.60. The Labute approximate surface area is 175 Å². The van der Waals surface area contributed by atoms with Gasteiger partial charge >= 0.3 is 14.0 Å². The van der Waals surface area contributed by atoms with E-state index in [1.54, 1.807) is 7.11 Å². The minimum atomic E-state index is -0.694. The highest BCUT2D eigenvalue weighted by molar-refractivity contribution is 9.10. The molecule has 28 heavy (non-hydrogen) atoms. The largest absolute Gasteiger partial charge is 0.497 e. The van der Waals surface area contributed by atoms with Crippen molar-refractivity contribution >= 4 is 29.9 Å². The summed E-state index contributed by atoms with van der Waals surface area (Å²) >= 11 is 3.52. The second-order valence-corrected chi connectivity index (χ2v) is 10.1. The van der Waals surface area contributed by atoms with E-state index in [-0.39, 0.29) is 6.10 Å². The normalized spacial score (nSPS) is 35.5. The molecular formula is C19H27B2BrO6. The van der Waals surface area contributed by atoms with E-state index in [9.17, 15) is 0 Å². The number of fused-ring (bicyclic) bond motifs is 5. The maximum atomic E-state index is 6.54. The highest BCUT2D eigenvalue weighted by atomic mass is 79.9. The standard InChI is InChI=1S/C19H27B2BrO6/c1-16(2)18(5)11-15(24-14-9-12(22)8-13(10-14)23-7)19(6)17(3,4)26-21(28-19)20(25-16)27-18/h8-10,15H,11H2,1-7H3. The van der Waals surface area contributed by atoms with Gasteiger partial charge in [-0.15, -0.1) is 0 Å². The van der Waals surface area contributed by atoms with Gasteiger partial charge in [0.1, 0.15) is 23.2 Å². The van der Waals surface area contributed by atoms with Gasteiger partial charge in [-0.25, -0.2) is 0 Å². The molecule has 3 saturated heterocycles. The minimum Gasteiger partial charge on any atom is -0.497 e. The third kappa shape index (κ3) is 3.01. The van der Waals surface area contributed by atoms with Crippen LogP contribution in [0.1, 0.15) is 48.0 Å². The van der Waals surface area contributed by atoms with Crippen LogP contribution in [0.2, 0.25) is 0 Å². The Hall–Kier alpha value is -0.730. The fraction of sp³-hybridized carbons (Fsp3) is 0.684. The predicted octanol–water partition coefficient (Wildman–Crippen LogP) is 3.83. The molecule has 3 heterocycles. The zero-order valence-electron chi connectivity index (χ0n) is 17.5. The summed E-state index contributed by atoms with van der Waals surface area (Å²) in [5.74, 6) is 1.41. The third-order valence-corrected chi connectivity index (χ3v) is 7.26. The van der Waals surface area contributed by atoms with Gasteiger partial charge < -0.3 is 28.1 Å². The van der Waals surface area contributed by atoms with Gasteiger partial charge in [-0.1, -0.05) is 15.9 Å². The number of hydrogen-bond acceptors (Lipinski definition) is 6. The van der Waals surface area contributed by atoms with Gasteiger partial charge in [0.25, 0.3) is 0 Å². The zero-order chi connectivity index (χ0) is 20.5. The molecule has 4 bridgehead atoms. The first-order valence-electron chi connectivity index (χ1n) is 9.62. The smallest absolute Gasteiger partial charge is 0.489 e. The number of rotatable bonds is 3. The third-order valence-electron chi connectivity index (χ3n) is 6.80. The monoisotopic (exact) mass is 452 g/mol. The maximum absolute atomic E-state index is 6.54. The molecule has 3 fully saturated rings. The summed E-state index contributed by atoms with van der Waals surface area (Å²) in [7, 11) is 0.468. The highest BCUT2D eigenvalue weighted by Gasteiger charge is 2.71. The first kappa shape index (κ1) is 20.5. The fourth-order valence-corrected chi connectivity index (χ4v) is 4.67. The van der Waals surface area contributed by atoms with Gasteiger partial charge in [-0.3, -0.25) is 0 Å². The Morgan fingerprint density at radius 1 is 0.893 bits per heavy atom. The van der Waals surface area contributed by atoms with Crippen LogP contribution >= 0.6 is 15.9 Å². The Morgan fingerprint density at radius 2 is 1.50 bits per heavy atom. The van der Waals surface area contributed by atoms with Crippen molar-refractivity contribution in [1.82, 2.24) is 0 Å². The van der Waals surface area contributed by atoms with Gasteiger partial charge in [0.15, 0.2) is 0 Å². The van der Waals surface area contributed by atoms with Crippen LogP contribution in [0.3, 0.4) is 0 Å². The Balaban J connectivity index is 1.76. The molecule has 0 saturated carbocycles. The Morgan fingerprint density at radius 3 is 2.18 bits per heavy atom. The molecule has 152 valence electrons. The second-order valence-electron chi connectivity index (χ2n) is 9.20. The van der Waals surface area contributed by atoms with Gasteiger partial charge in [-0.05, 0) is 53.7 Å². The molecule has 3 aliphatic rings. The van der Waals surface area contributed by atoms with Crippen LogP contribution in [-0.4, -0.2) is 49.6 Å². The van der Waals surface area contributed by atoms with E-state index in [2.05, 4.69) is 22.9 Å². The molecule has 0 radical (unpaired) electrons. The average Bonchev–Trinajstić information content (AvgIpc) is 2.97. The molecule has 6 nitrogen and oxygen atoms in total. The van der Waals surface area contributed by atoms with E-state index in [0.29, 0.717) is 17.9 Å². The molecule has 0 N–H and O–H groups in total. The van der Waals surface area contributed by atoms with Crippen molar-refractivity contribution in [2.75, 3.05) is 7.11 Å². The number of methoxy groups -OCH3 is 1. The summed E-state index contributed by atoms with van der Waals surface area (Å²) in [6.45, 7) is 12.3. The topological polar surface area (TPSA) is 55.4 Å². The van der Waals surface area contributed by atoms with E-state index in [1.165, 1.54) is 0 Å². The SMILES string of the molecule is COc1cc(Br)cc(OC2CC3(C)OB(OC3(C)C)B3OC(C)(C)C2(C)O3)c1. The van der Waals surface area contributed by atoms with Crippen molar-refractivity contribution in [1.29, 1.82) is 0 Å². The van der Waals surface area contributed by atoms with E-state index in [1.807, 2.05) is 52.8 Å². The van der Waals surface area contributed by atoms with Crippen LogP contribution < -0.4 is 9.47 Å². The molecule has 0 aliphatic carbocycles. The van der Waals surface area contributed by atoms with Crippen molar-refractivity contribution in [3.63, 3.8) is 0 Å². The number of hydrogen-bond donors (Lipinski definition) is 0. The molecule has 1 aromatic carbocycles. The molecule has 4 rings (SSSR count). The average molecular weight is 453 g/mol. The number of ether oxygens (including phenoxy) is 2. The Kier molecular flexibility index (Phi) is 4.68. The van der Waals surface area contributed by atoms with Gasteiger partial charge in [0.2, 0.25) is 0 Å². The lowest BCUT2D eigenvalue weighted by atomic mass is 9.49. The van der Waals surface area contributed by atoms with Crippen LogP contribution in [0, 0.1) is 0 Å². The zero-order valence-corrected chi connectivity index (χ0v) is 19.1. The highest BCUT2D eigenvalue weighted by Crippen LogP contribution is 2.52. The van der Waals surface area contributed by atoms with Crippen molar-refractivity contribution in [2.24, 2.45) is 0 Å². The fourth-order valence-electron chi connectivity index (χ4n) is 4.22. The summed E-state index contributed by atoms with van der Waals surface area (Å²) in [4.78, 5) is 0. The van der Waals surface area contributed by atoms with Crippen LogP contribution in [0.15, 0.2) is 22.7 Å². The van der Waals surface area contributed by atoms with Crippen LogP contribution in [0.5, 0.6) is 11.5 Å². The molecular weight excluding hydrogens is 426 g/mol. The summed E-state index contributed by atoms with van der Waals surface area (Å²) in [5, 5.41) is 0. The van der Waals surface area contributed by atoms with Gasteiger partial charge in [-0.2, -0.15) is 0 Å². The summed E-state index contributed by atoms with van der Waals surface area (Å²) in [6, 6.07) is 5.69. The van der Waals surface area contributed by atoms with Crippen molar-refractivity contribution in [3.8, 4) is 11.5 Å². The van der Waals surface area contributed by atoms with E-state index >= 15 is 0 Å². The molecule has 0 spiro atoms. The minimum absolute atomic E-state index is 0.335. The van der Waals surface area contributed by atoms with Crippen LogP contribution in [0.4, 0.5) is 0 Å². The molecule has 0 aromatic heterocycles. The molecule has 3 unspecified atom stereocenters. The summed E-state index contributed by atoms with van der Waals surface area (Å²) in [5.41, 5.74) is -2.34. The first-order chi connectivity index (χ1) is 12.9. The predicted molar refractivity (Wildman–Crippen MR) is 111 cm³/mol. The van der Waals surface area contributed by atoms with E-state index in [4.69, 9.17) is 28.1 Å². The van der Waals surface area contributed by atoms with E-state index < -0.39 is 36.4 Å². The van der Waals surface area contributed by atoms with Gasteiger partial charge in [0, 0.05) is 17.0 Å². The molecule has 1 aromatic rings. The first-order valence-corrected chi connectivity index (χ1v) is 10.4. The maximum Gasteiger partial charge on any atom is 0.489 e. The number of halogens is 1. The van der Waals surface area contributed by atoms with Crippen molar-refractivity contribution in [2.45, 2.75) is 76.5 Å². The van der Waals surface area contributed by atoms with Crippen molar-refractivity contribution in [3.05, 3.63) is 22.7 Å². The van der Waals surface area contributed by atoms with Crippen LogP contribution in [-0.2, 0) is 18.6 Å². The summed E-state index contributed by atoms with van der Waals surface area (Å²) in [6.07, 6.45) is 0.250.